The predicted octanol–water partition coefficient (Wildman–Crippen LogP) is 2.32. The van der Waals surface area contributed by atoms with Crippen LogP contribution in [0.25, 0.3) is 0 Å². The lowest BCUT2D eigenvalue weighted by Crippen LogP contribution is -2.30. The molecule has 0 saturated heterocycles. The second-order valence-corrected chi connectivity index (χ2v) is 10.0. The third-order valence-corrected chi connectivity index (χ3v) is 7.82. The fourth-order valence-corrected chi connectivity index (χ4v) is 4.74. The molecule has 0 spiro atoms. The lowest BCUT2D eigenvalue weighted by Gasteiger charge is -2.25. The zero-order chi connectivity index (χ0) is 18.8. The van der Waals surface area contributed by atoms with E-state index in [4.69, 9.17) is 0 Å². The average Bonchev–Trinajstić information content (AvgIpc) is 2.61. The molecule has 0 aliphatic carbocycles. The third kappa shape index (κ3) is 3.92. The molecule has 2 aromatic carbocycles. The first kappa shape index (κ1) is 19.6. The van der Waals surface area contributed by atoms with E-state index in [1.165, 1.54) is 49.7 Å². The summed E-state index contributed by atoms with van der Waals surface area (Å²) in [5.41, 5.74) is 0.852. The van der Waals surface area contributed by atoms with Gasteiger partial charge >= 0.3 is 0 Å². The minimum absolute atomic E-state index is 0.0549. The van der Waals surface area contributed by atoms with E-state index in [9.17, 15) is 16.8 Å². The zero-order valence-corrected chi connectivity index (χ0v) is 16.3. The fourth-order valence-electron chi connectivity index (χ4n) is 2.32. The summed E-state index contributed by atoms with van der Waals surface area (Å²) in [6, 6.07) is 14.3. The molecular weight excluding hydrogens is 360 g/mol. The Labute approximate surface area is 149 Å². The summed E-state index contributed by atoms with van der Waals surface area (Å²) in [6.45, 7) is 1.79. The van der Waals surface area contributed by atoms with Gasteiger partial charge in [0.15, 0.2) is 0 Å². The van der Waals surface area contributed by atoms with E-state index in [2.05, 4.69) is 0 Å². The molecule has 2 aromatic rings. The van der Waals surface area contributed by atoms with Crippen molar-refractivity contribution in [2.75, 3.05) is 21.1 Å². The van der Waals surface area contributed by atoms with Crippen LogP contribution in [0.1, 0.15) is 18.5 Å². The van der Waals surface area contributed by atoms with Crippen molar-refractivity contribution >= 4 is 20.0 Å². The van der Waals surface area contributed by atoms with Gasteiger partial charge in [0, 0.05) is 27.2 Å². The maximum atomic E-state index is 12.9. The molecule has 0 aliphatic heterocycles. The van der Waals surface area contributed by atoms with Gasteiger partial charge in [0.1, 0.15) is 0 Å². The highest BCUT2D eigenvalue weighted by atomic mass is 32.2. The fraction of sp³-hybridized carbons (Fsp3) is 0.294. The van der Waals surface area contributed by atoms with Crippen LogP contribution in [-0.2, 0) is 20.0 Å². The van der Waals surface area contributed by atoms with Crippen molar-refractivity contribution in [3.8, 4) is 0 Å². The lowest BCUT2D eigenvalue weighted by atomic mass is 10.1. The van der Waals surface area contributed by atoms with Gasteiger partial charge in [0.05, 0.1) is 9.79 Å². The third-order valence-electron chi connectivity index (χ3n) is 4.09. The summed E-state index contributed by atoms with van der Waals surface area (Å²) in [7, 11) is -3.26. The standard InChI is InChI=1S/C17H22N2O4S2/c1-14(15-9-6-5-7-10-15)19(4)25(22,23)17-12-8-11-16(13-17)24(20,21)18(2)3/h5-14H,1-4H3/t14-/m0/s1. The number of hydrogen-bond donors (Lipinski definition) is 0. The van der Waals surface area contributed by atoms with Crippen LogP contribution >= 0.6 is 0 Å². The number of hydrogen-bond acceptors (Lipinski definition) is 4. The molecule has 0 unspecified atom stereocenters. The van der Waals surface area contributed by atoms with Crippen LogP contribution in [0.4, 0.5) is 0 Å². The van der Waals surface area contributed by atoms with Crippen molar-refractivity contribution in [1.29, 1.82) is 0 Å². The molecular formula is C17H22N2O4S2. The van der Waals surface area contributed by atoms with Crippen LogP contribution in [0.2, 0.25) is 0 Å². The van der Waals surface area contributed by atoms with Crippen molar-refractivity contribution in [2.24, 2.45) is 0 Å². The quantitative estimate of drug-likeness (QED) is 0.768. The molecule has 0 saturated carbocycles. The van der Waals surface area contributed by atoms with Crippen LogP contribution in [0, 0.1) is 0 Å². The van der Waals surface area contributed by atoms with Gasteiger partial charge in [-0.05, 0) is 30.7 Å². The molecule has 2 rings (SSSR count). The summed E-state index contributed by atoms with van der Waals surface area (Å²) >= 11 is 0. The monoisotopic (exact) mass is 382 g/mol. The minimum Gasteiger partial charge on any atom is -0.207 e. The summed E-state index contributed by atoms with van der Waals surface area (Å²) in [6.07, 6.45) is 0. The minimum atomic E-state index is -3.84. The Morgan fingerprint density at radius 1 is 0.760 bits per heavy atom. The number of rotatable bonds is 6. The molecule has 0 amide bonds. The first-order chi connectivity index (χ1) is 11.6. The molecule has 0 aliphatic rings. The van der Waals surface area contributed by atoms with Crippen LogP contribution in [0.3, 0.4) is 0 Å². The maximum Gasteiger partial charge on any atom is 0.243 e. The van der Waals surface area contributed by atoms with Crippen molar-refractivity contribution in [1.82, 2.24) is 8.61 Å². The predicted molar refractivity (Wildman–Crippen MR) is 97.1 cm³/mol. The molecule has 25 heavy (non-hydrogen) atoms. The highest BCUT2D eigenvalue weighted by molar-refractivity contribution is 7.90. The molecule has 0 heterocycles. The molecule has 1 atom stereocenters. The summed E-state index contributed by atoms with van der Waals surface area (Å²) in [4.78, 5) is -0.111. The second kappa shape index (κ2) is 7.25. The number of benzene rings is 2. The van der Waals surface area contributed by atoms with Gasteiger partial charge in [-0.1, -0.05) is 36.4 Å². The Bertz CT molecular complexity index is 940. The van der Waals surface area contributed by atoms with Crippen molar-refractivity contribution < 1.29 is 16.8 Å². The van der Waals surface area contributed by atoms with Gasteiger partial charge < -0.3 is 0 Å². The molecule has 0 bridgehead atoms. The van der Waals surface area contributed by atoms with Gasteiger partial charge in [-0.2, -0.15) is 4.31 Å². The van der Waals surface area contributed by atoms with E-state index in [1.807, 2.05) is 30.3 Å². The summed E-state index contributed by atoms with van der Waals surface area (Å²) in [5.74, 6) is 0. The second-order valence-electron chi connectivity index (χ2n) is 5.87. The summed E-state index contributed by atoms with van der Waals surface area (Å²) < 4.78 is 52.6. The Balaban J connectivity index is 2.43. The average molecular weight is 383 g/mol. The molecule has 0 aromatic heterocycles. The van der Waals surface area contributed by atoms with Crippen LogP contribution < -0.4 is 0 Å². The maximum absolute atomic E-state index is 12.9. The van der Waals surface area contributed by atoms with Gasteiger partial charge in [0.2, 0.25) is 20.0 Å². The Morgan fingerprint density at radius 2 is 1.28 bits per heavy atom. The largest absolute Gasteiger partial charge is 0.243 e. The Morgan fingerprint density at radius 3 is 1.80 bits per heavy atom. The molecule has 8 heteroatoms. The van der Waals surface area contributed by atoms with Gasteiger partial charge in [-0.3, -0.25) is 0 Å². The van der Waals surface area contributed by atoms with E-state index in [-0.39, 0.29) is 15.8 Å². The van der Waals surface area contributed by atoms with Gasteiger partial charge in [-0.15, -0.1) is 0 Å². The Kier molecular flexibility index (Phi) is 5.68. The van der Waals surface area contributed by atoms with E-state index < -0.39 is 20.0 Å². The topological polar surface area (TPSA) is 74.8 Å². The first-order valence-corrected chi connectivity index (χ1v) is 10.5. The highest BCUT2D eigenvalue weighted by Gasteiger charge is 2.28. The zero-order valence-electron chi connectivity index (χ0n) is 14.6. The van der Waals surface area contributed by atoms with Crippen molar-refractivity contribution in [3.63, 3.8) is 0 Å². The van der Waals surface area contributed by atoms with E-state index in [0.29, 0.717) is 0 Å². The number of nitrogens with zero attached hydrogens (tertiary/aromatic N) is 2. The van der Waals surface area contributed by atoms with Gasteiger partial charge in [-0.25, -0.2) is 21.1 Å². The molecule has 6 nitrogen and oxygen atoms in total. The highest BCUT2D eigenvalue weighted by Crippen LogP contribution is 2.27. The molecule has 0 radical (unpaired) electrons. The van der Waals surface area contributed by atoms with Crippen LogP contribution in [0.15, 0.2) is 64.4 Å². The Hall–Kier alpha value is -1.74. The van der Waals surface area contributed by atoms with Crippen molar-refractivity contribution in [2.45, 2.75) is 22.8 Å². The van der Waals surface area contributed by atoms with E-state index in [0.717, 1.165) is 9.87 Å². The summed E-state index contributed by atoms with van der Waals surface area (Å²) in [5, 5.41) is 0. The van der Waals surface area contributed by atoms with Crippen LogP contribution in [0.5, 0.6) is 0 Å². The number of sulfonamides is 2. The van der Waals surface area contributed by atoms with E-state index >= 15 is 0 Å². The normalized spacial score (nSPS) is 14.0. The molecule has 0 N–H and O–H groups in total. The van der Waals surface area contributed by atoms with Crippen LogP contribution in [-0.4, -0.2) is 46.6 Å². The van der Waals surface area contributed by atoms with Crippen molar-refractivity contribution in [3.05, 3.63) is 60.2 Å². The molecule has 136 valence electrons. The lowest BCUT2D eigenvalue weighted by molar-refractivity contribution is 0.398. The van der Waals surface area contributed by atoms with Gasteiger partial charge in [0.25, 0.3) is 0 Å². The SMILES string of the molecule is C[C@@H](c1ccccc1)N(C)S(=O)(=O)c1cccc(S(=O)(=O)N(C)C)c1. The first-order valence-electron chi connectivity index (χ1n) is 7.64. The molecule has 0 fully saturated rings. The smallest absolute Gasteiger partial charge is 0.207 e. The van der Waals surface area contributed by atoms with E-state index in [1.54, 1.807) is 6.92 Å².